The molecule has 0 atom stereocenters. The van der Waals surface area contributed by atoms with E-state index in [2.05, 4.69) is 12.1 Å². The molecule has 0 unspecified atom stereocenters. The number of halogens is 1. The summed E-state index contributed by atoms with van der Waals surface area (Å²) in [6, 6.07) is 15.5. The topological polar surface area (TPSA) is 20.2 Å². The van der Waals surface area contributed by atoms with Gasteiger partial charge in [-0.15, -0.1) is 0 Å². The molecule has 0 saturated heterocycles. The van der Waals surface area contributed by atoms with E-state index in [0.717, 1.165) is 18.4 Å². The predicted octanol–water partition coefficient (Wildman–Crippen LogP) is 3.83. The molecule has 0 radical (unpaired) electrons. The second-order valence-corrected chi connectivity index (χ2v) is 4.20. The lowest BCUT2D eigenvalue weighted by Gasteiger charge is -2.05. The van der Waals surface area contributed by atoms with Crippen LogP contribution in [0.15, 0.2) is 48.5 Å². The summed E-state index contributed by atoms with van der Waals surface area (Å²) in [6.45, 7) is 0. The Hall–Kier alpha value is -1.47. The van der Waals surface area contributed by atoms with Gasteiger partial charge in [0.2, 0.25) is 0 Å². The third-order valence-electron chi connectivity index (χ3n) is 2.57. The van der Waals surface area contributed by atoms with Crippen LogP contribution in [0.4, 0.5) is 0 Å². The minimum atomic E-state index is 0.281. The molecule has 0 bridgehead atoms. The Labute approximate surface area is 100 Å². The van der Waals surface area contributed by atoms with Crippen LogP contribution in [0.3, 0.4) is 0 Å². The van der Waals surface area contributed by atoms with Crippen LogP contribution in [-0.4, -0.2) is 5.11 Å². The number of benzene rings is 2. The van der Waals surface area contributed by atoms with E-state index in [1.54, 1.807) is 6.07 Å². The molecule has 0 aliphatic rings. The third-order valence-corrected chi connectivity index (χ3v) is 2.81. The second kappa shape index (κ2) is 5.04. The highest BCUT2D eigenvalue weighted by atomic mass is 35.5. The largest absolute Gasteiger partial charge is 0.508 e. The van der Waals surface area contributed by atoms with Crippen molar-refractivity contribution in [1.29, 1.82) is 0 Å². The van der Waals surface area contributed by atoms with E-state index in [1.165, 1.54) is 5.56 Å². The van der Waals surface area contributed by atoms with Crippen LogP contribution in [0.5, 0.6) is 5.75 Å². The van der Waals surface area contributed by atoms with Gasteiger partial charge in [-0.25, -0.2) is 0 Å². The first-order chi connectivity index (χ1) is 7.75. The molecule has 2 aromatic carbocycles. The quantitative estimate of drug-likeness (QED) is 0.853. The molecule has 2 heteroatoms. The zero-order valence-corrected chi connectivity index (χ0v) is 9.61. The molecule has 82 valence electrons. The molecule has 0 spiro atoms. The number of aromatic hydroxyl groups is 1. The van der Waals surface area contributed by atoms with Gasteiger partial charge in [0.1, 0.15) is 5.75 Å². The number of rotatable bonds is 3. The standard InChI is InChI=1S/C14H13ClO/c15-13-9-8-12(14(16)10-13)7-6-11-4-2-1-3-5-11/h1-5,8-10,16H,6-7H2. The number of aryl methyl sites for hydroxylation is 2. The lowest BCUT2D eigenvalue weighted by molar-refractivity contribution is 0.468. The Morgan fingerprint density at radius 2 is 1.69 bits per heavy atom. The van der Waals surface area contributed by atoms with Gasteiger partial charge in [0, 0.05) is 5.02 Å². The van der Waals surface area contributed by atoms with E-state index in [9.17, 15) is 5.11 Å². The highest BCUT2D eigenvalue weighted by Gasteiger charge is 2.02. The highest BCUT2D eigenvalue weighted by Crippen LogP contribution is 2.23. The molecular weight excluding hydrogens is 220 g/mol. The SMILES string of the molecule is Oc1cc(Cl)ccc1CCc1ccccc1. The van der Waals surface area contributed by atoms with Gasteiger partial charge in [-0.2, -0.15) is 0 Å². The lowest BCUT2D eigenvalue weighted by atomic mass is 10.0. The minimum absolute atomic E-state index is 0.281. The number of phenolic OH excluding ortho intramolecular Hbond substituents is 1. The first-order valence-electron chi connectivity index (χ1n) is 5.27. The molecule has 0 fully saturated rings. The minimum Gasteiger partial charge on any atom is -0.508 e. The van der Waals surface area contributed by atoms with Crippen LogP contribution in [0, 0.1) is 0 Å². The Morgan fingerprint density at radius 3 is 2.38 bits per heavy atom. The van der Waals surface area contributed by atoms with Gasteiger partial charge in [0.05, 0.1) is 0 Å². The maximum absolute atomic E-state index is 9.68. The maximum atomic E-state index is 9.68. The summed E-state index contributed by atoms with van der Waals surface area (Å²) in [4.78, 5) is 0. The lowest BCUT2D eigenvalue weighted by Crippen LogP contribution is -1.91. The molecule has 1 N–H and O–H groups in total. The van der Waals surface area contributed by atoms with Crippen LogP contribution < -0.4 is 0 Å². The Kier molecular flexibility index (Phi) is 3.47. The average molecular weight is 233 g/mol. The maximum Gasteiger partial charge on any atom is 0.120 e. The molecule has 1 nitrogen and oxygen atoms in total. The van der Waals surface area contributed by atoms with Crippen molar-refractivity contribution in [3.8, 4) is 5.75 Å². The van der Waals surface area contributed by atoms with Crippen molar-refractivity contribution >= 4 is 11.6 Å². The molecule has 0 aliphatic heterocycles. The van der Waals surface area contributed by atoms with Crippen LogP contribution in [0.2, 0.25) is 5.02 Å². The fraction of sp³-hybridized carbons (Fsp3) is 0.143. The van der Waals surface area contributed by atoms with Crippen molar-refractivity contribution in [2.45, 2.75) is 12.8 Å². The van der Waals surface area contributed by atoms with E-state index < -0.39 is 0 Å². The fourth-order valence-corrected chi connectivity index (χ4v) is 1.84. The Balaban J connectivity index is 2.05. The molecule has 0 saturated carbocycles. The van der Waals surface area contributed by atoms with Crippen LogP contribution in [0.1, 0.15) is 11.1 Å². The molecule has 0 amide bonds. The molecular formula is C14H13ClO. The molecule has 0 aliphatic carbocycles. The van der Waals surface area contributed by atoms with Gasteiger partial charge in [-0.3, -0.25) is 0 Å². The number of phenols is 1. The van der Waals surface area contributed by atoms with Crippen LogP contribution in [0.25, 0.3) is 0 Å². The summed E-state index contributed by atoms with van der Waals surface area (Å²) >= 11 is 5.77. The van der Waals surface area contributed by atoms with Gasteiger partial charge < -0.3 is 5.11 Å². The predicted molar refractivity (Wildman–Crippen MR) is 67.0 cm³/mol. The summed E-state index contributed by atoms with van der Waals surface area (Å²) in [5, 5.41) is 10.3. The average Bonchev–Trinajstić information content (AvgIpc) is 2.29. The van der Waals surface area contributed by atoms with Crippen molar-refractivity contribution < 1.29 is 5.11 Å². The smallest absolute Gasteiger partial charge is 0.120 e. The highest BCUT2D eigenvalue weighted by molar-refractivity contribution is 6.30. The number of hydrogen-bond donors (Lipinski definition) is 1. The zero-order chi connectivity index (χ0) is 11.4. The summed E-state index contributed by atoms with van der Waals surface area (Å²) in [6.07, 6.45) is 1.75. The summed E-state index contributed by atoms with van der Waals surface area (Å²) in [7, 11) is 0. The third kappa shape index (κ3) is 2.77. The zero-order valence-electron chi connectivity index (χ0n) is 8.86. The molecule has 2 rings (SSSR count). The Morgan fingerprint density at radius 1 is 0.938 bits per heavy atom. The van der Waals surface area contributed by atoms with E-state index in [4.69, 9.17) is 11.6 Å². The summed E-state index contributed by atoms with van der Waals surface area (Å²) in [5.41, 5.74) is 2.21. The van der Waals surface area contributed by atoms with Gasteiger partial charge in [-0.05, 0) is 36.1 Å². The van der Waals surface area contributed by atoms with Crippen molar-refractivity contribution in [3.63, 3.8) is 0 Å². The summed E-state index contributed by atoms with van der Waals surface area (Å²) < 4.78 is 0. The molecule has 16 heavy (non-hydrogen) atoms. The van der Waals surface area contributed by atoms with Crippen molar-refractivity contribution in [3.05, 3.63) is 64.7 Å². The van der Waals surface area contributed by atoms with Gasteiger partial charge in [-0.1, -0.05) is 48.0 Å². The van der Waals surface area contributed by atoms with Gasteiger partial charge in [0.25, 0.3) is 0 Å². The van der Waals surface area contributed by atoms with Crippen LogP contribution in [-0.2, 0) is 12.8 Å². The first-order valence-corrected chi connectivity index (χ1v) is 5.65. The number of hydrogen-bond acceptors (Lipinski definition) is 1. The monoisotopic (exact) mass is 232 g/mol. The van der Waals surface area contributed by atoms with Crippen LogP contribution >= 0.6 is 11.6 Å². The van der Waals surface area contributed by atoms with Gasteiger partial charge >= 0.3 is 0 Å². The van der Waals surface area contributed by atoms with Crippen molar-refractivity contribution in [2.75, 3.05) is 0 Å². The summed E-state index contributed by atoms with van der Waals surface area (Å²) in [5.74, 6) is 0.281. The van der Waals surface area contributed by atoms with E-state index in [1.807, 2.05) is 30.3 Å². The van der Waals surface area contributed by atoms with Crippen molar-refractivity contribution in [1.82, 2.24) is 0 Å². The van der Waals surface area contributed by atoms with Crippen molar-refractivity contribution in [2.24, 2.45) is 0 Å². The van der Waals surface area contributed by atoms with E-state index >= 15 is 0 Å². The first kappa shape index (κ1) is 11.0. The second-order valence-electron chi connectivity index (χ2n) is 3.76. The van der Waals surface area contributed by atoms with Gasteiger partial charge in [0.15, 0.2) is 0 Å². The molecule has 0 heterocycles. The molecule has 2 aromatic rings. The fourth-order valence-electron chi connectivity index (χ4n) is 1.67. The van der Waals surface area contributed by atoms with E-state index in [0.29, 0.717) is 5.02 Å². The van der Waals surface area contributed by atoms with E-state index in [-0.39, 0.29) is 5.75 Å². The Bertz CT molecular complexity index is 465. The molecule has 0 aromatic heterocycles. The normalized spacial score (nSPS) is 10.3.